The van der Waals surface area contributed by atoms with Crippen molar-refractivity contribution in [3.8, 4) is 0 Å². The van der Waals surface area contributed by atoms with Crippen LogP contribution in [0.4, 0.5) is 14.9 Å². The number of benzene rings is 2. The molecule has 3 amide bonds. The Morgan fingerprint density at radius 2 is 1.90 bits per heavy atom. The maximum Gasteiger partial charge on any atom is 0.322 e. The van der Waals surface area contributed by atoms with Gasteiger partial charge in [0.1, 0.15) is 11.9 Å². The zero-order valence-electron chi connectivity index (χ0n) is 17.0. The number of para-hydroxylation sites is 1. The van der Waals surface area contributed by atoms with E-state index < -0.39 is 17.9 Å². The Morgan fingerprint density at radius 1 is 1.16 bits per heavy atom. The third-order valence-corrected chi connectivity index (χ3v) is 5.11. The highest BCUT2D eigenvalue weighted by Crippen LogP contribution is 2.21. The Kier molecular flexibility index (Phi) is 5.92. The Hall–Kier alpha value is -3.75. The first kappa shape index (κ1) is 20.5. The molecule has 1 aromatic heterocycles. The van der Waals surface area contributed by atoms with Crippen molar-refractivity contribution in [2.24, 2.45) is 0 Å². The zero-order valence-corrected chi connectivity index (χ0v) is 17.0. The minimum absolute atomic E-state index is 0.0547. The minimum atomic E-state index is -0.843. The number of hydrogen-bond acceptors (Lipinski definition) is 5. The molecule has 0 saturated carbocycles. The summed E-state index contributed by atoms with van der Waals surface area (Å²) in [5, 5.41) is 6.32. The predicted octanol–water partition coefficient (Wildman–Crippen LogP) is 3.00. The van der Waals surface area contributed by atoms with Crippen LogP contribution in [0.3, 0.4) is 0 Å². The average Bonchev–Trinajstić information content (AvgIpc) is 3.18. The van der Waals surface area contributed by atoms with Gasteiger partial charge in [-0.25, -0.2) is 9.18 Å². The van der Waals surface area contributed by atoms with E-state index in [1.807, 2.05) is 30.3 Å². The molecule has 2 aromatic carbocycles. The highest BCUT2D eigenvalue weighted by atomic mass is 19.1. The fourth-order valence-electron chi connectivity index (χ4n) is 3.58. The molecule has 1 atom stereocenters. The molecule has 1 aliphatic rings. The van der Waals surface area contributed by atoms with Gasteiger partial charge in [-0.3, -0.25) is 4.79 Å². The molecule has 4 rings (SSSR count). The number of nitrogens with zero attached hydrogens (tertiary/aromatic N) is 4. The quantitative estimate of drug-likeness (QED) is 0.681. The van der Waals surface area contributed by atoms with E-state index >= 15 is 0 Å². The van der Waals surface area contributed by atoms with Crippen molar-refractivity contribution in [3.05, 3.63) is 77.7 Å². The zero-order chi connectivity index (χ0) is 21.8. The predicted molar refractivity (Wildman–Crippen MR) is 111 cm³/mol. The summed E-state index contributed by atoms with van der Waals surface area (Å²) in [6.45, 7) is 2.76. The number of piperazine rings is 1. The summed E-state index contributed by atoms with van der Waals surface area (Å²) in [5.74, 6) is -0.0635. The van der Waals surface area contributed by atoms with Gasteiger partial charge in [-0.05, 0) is 24.6 Å². The summed E-state index contributed by atoms with van der Waals surface area (Å²) in [6, 6.07) is 14.1. The second-order valence-electron chi connectivity index (χ2n) is 7.30. The van der Waals surface area contributed by atoms with Crippen LogP contribution in [0.2, 0.25) is 0 Å². The number of rotatable bonds is 5. The summed E-state index contributed by atoms with van der Waals surface area (Å²) in [4.78, 5) is 33.5. The van der Waals surface area contributed by atoms with Gasteiger partial charge in [0.25, 0.3) is 0 Å². The molecule has 0 bridgehead atoms. The topological polar surface area (TPSA) is 91.6 Å². The van der Waals surface area contributed by atoms with Crippen LogP contribution in [0.15, 0.2) is 59.1 Å². The molecular weight excluding hydrogens is 401 g/mol. The van der Waals surface area contributed by atoms with Crippen LogP contribution in [0.5, 0.6) is 0 Å². The molecule has 3 aromatic rings. The minimum Gasteiger partial charge on any atom is -0.339 e. The second-order valence-corrected chi connectivity index (χ2v) is 7.30. The van der Waals surface area contributed by atoms with Gasteiger partial charge in [0, 0.05) is 19.6 Å². The molecule has 0 aliphatic carbocycles. The lowest BCUT2D eigenvalue weighted by molar-refractivity contribution is -0.140. The Labute approximate surface area is 178 Å². The molecule has 1 N–H and O–H groups in total. The van der Waals surface area contributed by atoms with Crippen LogP contribution < -0.4 is 5.32 Å². The second kappa shape index (κ2) is 8.95. The number of halogens is 1. The lowest BCUT2D eigenvalue weighted by atomic mass is 10.1. The molecule has 1 unspecified atom stereocenters. The third kappa shape index (κ3) is 4.71. The number of hydrogen-bond donors (Lipinski definition) is 1. The number of carbonyl (C=O) groups is 2. The number of nitrogens with one attached hydrogen (secondary N) is 1. The Morgan fingerprint density at radius 3 is 2.61 bits per heavy atom. The molecule has 9 heteroatoms. The van der Waals surface area contributed by atoms with Gasteiger partial charge < -0.3 is 19.6 Å². The van der Waals surface area contributed by atoms with Crippen LogP contribution in [0.25, 0.3) is 0 Å². The molecule has 1 fully saturated rings. The van der Waals surface area contributed by atoms with Crippen molar-refractivity contribution in [1.29, 1.82) is 0 Å². The molecule has 0 spiro atoms. The van der Waals surface area contributed by atoms with Crippen molar-refractivity contribution in [1.82, 2.24) is 19.9 Å². The first-order valence-corrected chi connectivity index (χ1v) is 9.95. The molecule has 1 saturated heterocycles. The van der Waals surface area contributed by atoms with Crippen LogP contribution >= 0.6 is 0 Å². The van der Waals surface area contributed by atoms with Crippen molar-refractivity contribution >= 4 is 17.6 Å². The molecule has 31 heavy (non-hydrogen) atoms. The molecule has 160 valence electrons. The van der Waals surface area contributed by atoms with E-state index in [0.29, 0.717) is 18.9 Å². The number of carbonyl (C=O) groups excluding carboxylic acids is 2. The smallest absolute Gasteiger partial charge is 0.322 e. The standard InChI is InChI=1S/C22H22FN5O3/c1-15-24-20(31-26-15)13-19-21(29)27(14-16-7-3-2-4-8-16)11-12-28(19)22(30)25-18-10-6-5-9-17(18)23/h2-10,19H,11-14H2,1H3,(H,25,30). The average molecular weight is 423 g/mol. The highest BCUT2D eigenvalue weighted by Gasteiger charge is 2.38. The molecule has 2 heterocycles. The lowest BCUT2D eigenvalue weighted by Crippen LogP contribution is -2.60. The summed E-state index contributed by atoms with van der Waals surface area (Å²) in [5.41, 5.74) is 1.05. The van der Waals surface area contributed by atoms with Crippen LogP contribution in [0.1, 0.15) is 17.3 Å². The van der Waals surface area contributed by atoms with Gasteiger partial charge in [0.15, 0.2) is 5.82 Å². The van der Waals surface area contributed by atoms with E-state index in [0.717, 1.165) is 5.56 Å². The monoisotopic (exact) mass is 423 g/mol. The van der Waals surface area contributed by atoms with Gasteiger partial charge in [0.2, 0.25) is 11.8 Å². The fourth-order valence-corrected chi connectivity index (χ4v) is 3.58. The fraction of sp³-hybridized carbons (Fsp3) is 0.273. The Balaban J connectivity index is 1.55. The van der Waals surface area contributed by atoms with Gasteiger partial charge in [-0.2, -0.15) is 4.98 Å². The summed E-state index contributed by atoms with van der Waals surface area (Å²) >= 11 is 0. The van der Waals surface area contributed by atoms with Gasteiger partial charge in [0.05, 0.1) is 12.1 Å². The van der Waals surface area contributed by atoms with E-state index in [1.165, 1.54) is 23.1 Å². The maximum atomic E-state index is 14.0. The Bertz CT molecular complexity index is 1070. The van der Waals surface area contributed by atoms with Gasteiger partial charge in [-0.15, -0.1) is 0 Å². The van der Waals surface area contributed by atoms with Crippen molar-refractivity contribution in [2.45, 2.75) is 25.9 Å². The molecular formula is C22H22FN5O3. The van der Waals surface area contributed by atoms with E-state index in [-0.39, 0.29) is 30.5 Å². The number of amides is 3. The van der Waals surface area contributed by atoms with Crippen LogP contribution in [-0.2, 0) is 17.8 Å². The number of aryl methyl sites for hydroxylation is 1. The van der Waals surface area contributed by atoms with Crippen molar-refractivity contribution in [3.63, 3.8) is 0 Å². The normalized spacial score (nSPS) is 16.5. The van der Waals surface area contributed by atoms with E-state index in [9.17, 15) is 14.0 Å². The summed E-state index contributed by atoms with van der Waals surface area (Å²) < 4.78 is 19.2. The SMILES string of the molecule is Cc1noc(CC2C(=O)N(Cc3ccccc3)CCN2C(=O)Nc2ccccc2F)n1. The summed E-state index contributed by atoms with van der Waals surface area (Å²) in [6.07, 6.45) is 0.0790. The van der Waals surface area contributed by atoms with Crippen molar-refractivity contribution < 1.29 is 18.5 Å². The molecule has 0 radical (unpaired) electrons. The largest absolute Gasteiger partial charge is 0.339 e. The molecule has 8 nitrogen and oxygen atoms in total. The molecule has 1 aliphatic heterocycles. The van der Waals surface area contributed by atoms with Crippen LogP contribution in [0, 0.1) is 12.7 Å². The summed E-state index contributed by atoms with van der Waals surface area (Å²) in [7, 11) is 0. The third-order valence-electron chi connectivity index (χ3n) is 5.11. The number of anilines is 1. The maximum absolute atomic E-state index is 14.0. The number of aromatic nitrogens is 2. The van der Waals surface area contributed by atoms with E-state index in [2.05, 4.69) is 15.5 Å². The first-order chi connectivity index (χ1) is 15.0. The van der Waals surface area contributed by atoms with Crippen LogP contribution in [-0.4, -0.2) is 51.0 Å². The van der Waals surface area contributed by atoms with Crippen molar-refractivity contribution in [2.75, 3.05) is 18.4 Å². The van der Waals surface area contributed by atoms with Gasteiger partial charge in [-0.1, -0.05) is 47.6 Å². The van der Waals surface area contributed by atoms with E-state index in [1.54, 1.807) is 17.9 Å². The van der Waals surface area contributed by atoms with E-state index in [4.69, 9.17) is 4.52 Å². The number of urea groups is 1. The van der Waals surface area contributed by atoms with Gasteiger partial charge >= 0.3 is 6.03 Å². The highest BCUT2D eigenvalue weighted by molar-refractivity contribution is 5.94. The lowest BCUT2D eigenvalue weighted by Gasteiger charge is -2.40. The first-order valence-electron chi connectivity index (χ1n) is 9.95.